The van der Waals surface area contributed by atoms with Crippen LogP contribution in [0.15, 0.2) is 36.4 Å². The van der Waals surface area contributed by atoms with Crippen molar-refractivity contribution < 1.29 is 19.2 Å². The number of piperidine rings is 1. The predicted octanol–water partition coefficient (Wildman–Crippen LogP) is 3.49. The van der Waals surface area contributed by atoms with E-state index in [0.717, 1.165) is 31.5 Å². The molecular formula is C21H23N3O5. The predicted molar refractivity (Wildman–Crippen MR) is 107 cm³/mol. The minimum atomic E-state index is -0.413. The number of fused-ring (bicyclic) bond motifs is 1. The van der Waals surface area contributed by atoms with Gasteiger partial charge in [-0.15, -0.1) is 0 Å². The molecule has 2 aliphatic heterocycles. The van der Waals surface area contributed by atoms with Crippen LogP contribution in [0.2, 0.25) is 0 Å². The molecule has 0 radical (unpaired) electrons. The second-order valence-electron chi connectivity index (χ2n) is 7.52. The zero-order chi connectivity index (χ0) is 20.4. The molecule has 1 N–H and O–H groups in total. The van der Waals surface area contributed by atoms with E-state index in [0.29, 0.717) is 23.1 Å². The summed E-state index contributed by atoms with van der Waals surface area (Å²) in [6, 6.07) is 10.2. The Labute approximate surface area is 168 Å². The van der Waals surface area contributed by atoms with Crippen LogP contribution >= 0.6 is 0 Å². The molecule has 2 heterocycles. The number of carbonyl (C=O) groups excluding carboxylic acids is 1. The highest BCUT2D eigenvalue weighted by atomic mass is 16.7. The Bertz CT molecular complexity index is 946. The molecule has 1 fully saturated rings. The average Bonchev–Trinajstić information content (AvgIpc) is 3.19. The molecular weight excluding hydrogens is 374 g/mol. The van der Waals surface area contributed by atoms with E-state index in [1.54, 1.807) is 18.2 Å². The Morgan fingerprint density at radius 1 is 1.24 bits per heavy atom. The van der Waals surface area contributed by atoms with Crippen LogP contribution in [-0.2, 0) is 6.54 Å². The number of nitrogens with zero attached hydrogens (tertiary/aromatic N) is 2. The molecule has 2 aliphatic rings. The third kappa shape index (κ3) is 4.11. The van der Waals surface area contributed by atoms with Gasteiger partial charge >= 0.3 is 0 Å². The second kappa shape index (κ2) is 7.98. The van der Waals surface area contributed by atoms with Crippen LogP contribution in [0.4, 0.5) is 11.4 Å². The highest BCUT2D eigenvalue weighted by molar-refractivity contribution is 5.95. The van der Waals surface area contributed by atoms with Crippen molar-refractivity contribution in [3.8, 4) is 11.5 Å². The number of carbonyl (C=O) groups is 1. The van der Waals surface area contributed by atoms with Gasteiger partial charge in [0, 0.05) is 31.3 Å². The van der Waals surface area contributed by atoms with Crippen LogP contribution in [0.1, 0.15) is 35.7 Å². The van der Waals surface area contributed by atoms with E-state index < -0.39 is 4.92 Å². The average molecular weight is 397 g/mol. The van der Waals surface area contributed by atoms with E-state index in [4.69, 9.17) is 9.47 Å². The number of nitro benzene ring substituents is 1. The topological polar surface area (TPSA) is 93.9 Å². The fraction of sp³-hybridized carbons (Fsp3) is 0.381. The van der Waals surface area contributed by atoms with Gasteiger partial charge in [0.05, 0.1) is 4.92 Å². The van der Waals surface area contributed by atoms with Gasteiger partial charge in [-0.2, -0.15) is 0 Å². The van der Waals surface area contributed by atoms with Crippen molar-refractivity contribution in [2.24, 2.45) is 5.92 Å². The lowest BCUT2D eigenvalue weighted by atomic mass is 9.99. The highest BCUT2D eigenvalue weighted by Gasteiger charge is 2.25. The van der Waals surface area contributed by atoms with Gasteiger partial charge in [-0.1, -0.05) is 13.0 Å². The molecule has 1 amide bonds. The van der Waals surface area contributed by atoms with Crippen LogP contribution in [-0.4, -0.2) is 30.7 Å². The number of nitro groups is 1. The molecule has 8 nitrogen and oxygen atoms in total. The number of amides is 1. The Kier molecular flexibility index (Phi) is 5.24. The summed E-state index contributed by atoms with van der Waals surface area (Å²) in [5.74, 6) is 1.46. The summed E-state index contributed by atoms with van der Waals surface area (Å²) in [4.78, 5) is 25.8. The largest absolute Gasteiger partial charge is 0.454 e. The lowest BCUT2D eigenvalue weighted by molar-refractivity contribution is -0.384. The number of nitrogens with one attached hydrogen (secondary N) is 1. The normalized spacial score (nSPS) is 17.8. The summed E-state index contributed by atoms with van der Waals surface area (Å²) in [5, 5.41) is 14.4. The van der Waals surface area contributed by atoms with Gasteiger partial charge in [-0.3, -0.25) is 14.9 Å². The van der Waals surface area contributed by atoms with Gasteiger partial charge in [0.2, 0.25) is 6.79 Å². The third-order valence-corrected chi connectivity index (χ3v) is 5.32. The summed E-state index contributed by atoms with van der Waals surface area (Å²) in [5.41, 5.74) is 1.67. The number of hydrogen-bond acceptors (Lipinski definition) is 6. The van der Waals surface area contributed by atoms with Crippen LogP contribution in [0.25, 0.3) is 0 Å². The van der Waals surface area contributed by atoms with Crippen LogP contribution in [0, 0.1) is 16.0 Å². The van der Waals surface area contributed by atoms with Crippen molar-refractivity contribution >= 4 is 17.3 Å². The summed E-state index contributed by atoms with van der Waals surface area (Å²) in [7, 11) is 0. The highest BCUT2D eigenvalue weighted by Crippen LogP contribution is 2.33. The minimum absolute atomic E-state index is 0.0326. The Hall–Kier alpha value is -3.29. The third-order valence-electron chi connectivity index (χ3n) is 5.32. The summed E-state index contributed by atoms with van der Waals surface area (Å²) < 4.78 is 10.6. The van der Waals surface area contributed by atoms with Crippen LogP contribution < -0.4 is 19.7 Å². The first-order valence-corrected chi connectivity index (χ1v) is 9.71. The molecule has 2 aromatic rings. The van der Waals surface area contributed by atoms with Gasteiger partial charge in [0.15, 0.2) is 11.5 Å². The summed E-state index contributed by atoms with van der Waals surface area (Å²) in [6.45, 7) is 4.21. The fourth-order valence-electron chi connectivity index (χ4n) is 3.82. The molecule has 1 saturated heterocycles. The van der Waals surface area contributed by atoms with Crippen molar-refractivity contribution in [3.05, 3.63) is 57.6 Å². The van der Waals surface area contributed by atoms with Crippen molar-refractivity contribution in [1.29, 1.82) is 0 Å². The zero-order valence-corrected chi connectivity index (χ0v) is 16.2. The molecule has 0 bridgehead atoms. The quantitative estimate of drug-likeness (QED) is 0.613. The molecule has 0 aliphatic carbocycles. The standard InChI is InChI=1S/C21H23N3O5/c1-14-3-2-8-23(12-14)17-6-5-16(10-18(17)24(26)27)21(25)22-11-15-4-7-19-20(9-15)29-13-28-19/h4-7,9-10,14H,2-3,8,11-13H2,1H3,(H,22,25)/t14-/m1/s1. The van der Waals surface area contributed by atoms with E-state index in [-0.39, 0.29) is 30.5 Å². The number of hydrogen-bond donors (Lipinski definition) is 1. The van der Waals surface area contributed by atoms with Gasteiger partial charge < -0.3 is 19.7 Å². The molecule has 152 valence electrons. The fourth-order valence-corrected chi connectivity index (χ4v) is 3.82. The van der Waals surface area contributed by atoms with E-state index in [1.165, 1.54) is 6.07 Å². The lowest BCUT2D eigenvalue weighted by Crippen LogP contribution is -2.34. The maximum absolute atomic E-state index is 12.6. The van der Waals surface area contributed by atoms with Gasteiger partial charge in [-0.05, 0) is 48.6 Å². The van der Waals surface area contributed by atoms with Gasteiger partial charge in [0.25, 0.3) is 11.6 Å². The summed E-state index contributed by atoms with van der Waals surface area (Å²) in [6.07, 6.45) is 2.14. The SMILES string of the molecule is C[C@@H]1CCCN(c2ccc(C(=O)NCc3ccc4c(c3)OCO4)cc2[N+](=O)[O-])C1. The van der Waals surface area contributed by atoms with Crippen molar-refractivity contribution in [2.75, 3.05) is 24.8 Å². The minimum Gasteiger partial charge on any atom is -0.454 e. The molecule has 29 heavy (non-hydrogen) atoms. The second-order valence-corrected chi connectivity index (χ2v) is 7.52. The lowest BCUT2D eigenvalue weighted by Gasteiger charge is -2.32. The monoisotopic (exact) mass is 397 g/mol. The molecule has 4 rings (SSSR count). The molecule has 1 atom stereocenters. The number of anilines is 1. The molecule has 0 unspecified atom stereocenters. The van der Waals surface area contributed by atoms with E-state index in [2.05, 4.69) is 12.2 Å². The maximum Gasteiger partial charge on any atom is 0.293 e. The first-order valence-electron chi connectivity index (χ1n) is 9.71. The number of rotatable bonds is 5. The zero-order valence-electron chi connectivity index (χ0n) is 16.2. The molecule has 0 aromatic heterocycles. The first kappa shape index (κ1) is 19.0. The Morgan fingerprint density at radius 2 is 2.07 bits per heavy atom. The maximum atomic E-state index is 12.6. The Morgan fingerprint density at radius 3 is 2.86 bits per heavy atom. The van der Waals surface area contributed by atoms with E-state index in [1.807, 2.05) is 17.0 Å². The van der Waals surface area contributed by atoms with Gasteiger partial charge in [0.1, 0.15) is 5.69 Å². The molecule has 0 saturated carbocycles. The van der Waals surface area contributed by atoms with E-state index >= 15 is 0 Å². The van der Waals surface area contributed by atoms with Crippen molar-refractivity contribution in [2.45, 2.75) is 26.3 Å². The van der Waals surface area contributed by atoms with Gasteiger partial charge in [-0.25, -0.2) is 0 Å². The molecule has 2 aromatic carbocycles. The Balaban J connectivity index is 1.48. The van der Waals surface area contributed by atoms with Crippen LogP contribution in [0.3, 0.4) is 0 Å². The summed E-state index contributed by atoms with van der Waals surface area (Å²) >= 11 is 0. The smallest absolute Gasteiger partial charge is 0.293 e. The molecule has 0 spiro atoms. The molecule has 8 heteroatoms. The van der Waals surface area contributed by atoms with E-state index in [9.17, 15) is 14.9 Å². The van der Waals surface area contributed by atoms with Crippen molar-refractivity contribution in [1.82, 2.24) is 5.32 Å². The first-order chi connectivity index (χ1) is 14.0. The number of ether oxygens (including phenoxy) is 2. The van der Waals surface area contributed by atoms with Crippen LogP contribution in [0.5, 0.6) is 11.5 Å². The van der Waals surface area contributed by atoms with Crippen molar-refractivity contribution in [3.63, 3.8) is 0 Å². The number of benzene rings is 2.